The number of pyridine rings is 2. The Morgan fingerprint density at radius 3 is 2.57 bits per heavy atom. The minimum atomic E-state index is 0.0488. The van der Waals surface area contributed by atoms with E-state index in [1.54, 1.807) is 18.3 Å². The molecule has 0 aliphatic carbocycles. The van der Waals surface area contributed by atoms with E-state index < -0.39 is 0 Å². The van der Waals surface area contributed by atoms with E-state index in [1.807, 2.05) is 6.07 Å². The molecule has 5 rings (SSSR count). The summed E-state index contributed by atoms with van der Waals surface area (Å²) >= 11 is 0. The van der Waals surface area contributed by atoms with Gasteiger partial charge in [0, 0.05) is 48.9 Å². The summed E-state index contributed by atoms with van der Waals surface area (Å²) < 4.78 is 21.3. The Kier molecular flexibility index (Phi) is 4.83. The van der Waals surface area contributed by atoms with Gasteiger partial charge in [0.1, 0.15) is 5.82 Å². The third-order valence-corrected chi connectivity index (χ3v) is 6.32. The zero-order valence-corrected chi connectivity index (χ0v) is 17.0. The van der Waals surface area contributed by atoms with Crippen LogP contribution in [-0.2, 0) is 4.74 Å². The van der Waals surface area contributed by atoms with Crippen LogP contribution in [0.1, 0.15) is 51.5 Å². The highest BCUT2D eigenvalue weighted by molar-refractivity contribution is 5.79. The van der Waals surface area contributed by atoms with Crippen LogP contribution in [0.3, 0.4) is 0 Å². The van der Waals surface area contributed by atoms with Crippen LogP contribution in [0, 0.1) is 0 Å². The number of aromatic nitrogens is 2. The van der Waals surface area contributed by atoms with Gasteiger partial charge in [-0.05, 0) is 84.7 Å². The fourth-order valence-electron chi connectivity index (χ4n) is 4.69. The summed E-state index contributed by atoms with van der Waals surface area (Å²) in [5.74, 6) is 0.924. The molecule has 2 fully saturated rings. The number of hydrogen-bond acceptors (Lipinski definition) is 5. The maximum atomic E-state index is 7.85. The predicted octanol–water partition coefficient (Wildman–Crippen LogP) is 4.71. The molecular formula is C25H28N4O. The van der Waals surface area contributed by atoms with E-state index in [1.165, 1.54) is 17.5 Å². The molecular weight excluding hydrogens is 372 g/mol. The molecule has 0 spiro atoms. The molecule has 3 N–H and O–H groups in total. The van der Waals surface area contributed by atoms with Gasteiger partial charge in [-0.25, -0.2) is 4.98 Å². The molecule has 2 saturated heterocycles. The number of nitrogens with one attached hydrogen (secondary N) is 1. The van der Waals surface area contributed by atoms with E-state index in [2.05, 4.69) is 33.5 Å². The number of nitrogens with two attached hydrogens (primary N) is 1. The Bertz CT molecular complexity index is 1100. The molecule has 0 radical (unpaired) electrons. The molecule has 1 aromatic carbocycles. The van der Waals surface area contributed by atoms with Crippen molar-refractivity contribution in [3.05, 3.63) is 66.1 Å². The van der Waals surface area contributed by atoms with Crippen molar-refractivity contribution in [3.63, 3.8) is 0 Å². The van der Waals surface area contributed by atoms with Gasteiger partial charge in [0.2, 0.25) is 0 Å². The lowest BCUT2D eigenvalue weighted by molar-refractivity contribution is 0.0851. The van der Waals surface area contributed by atoms with E-state index in [9.17, 15) is 0 Å². The zero-order valence-electron chi connectivity index (χ0n) is 19.0. The lowest BCUT2D eigenvalue weighted by Gasteiger charge is -2.27. The first kappa shape index (κ1) is 17.0. The minimum absolute atomic E-state index is 0.0488. The number of anilines is 1. The van der Waals surface area contributed by atoms with Crippen LogP contribution in [0.4, 0.5) is 5.82 Å². The molecule has 5 nitrogen and oxygen atoms in total. The first-order valence-electron chi connectivity index (χ1n) is 11.7. The molecule has 2 aliphatic rings. The summed E-state index contributed by atoms with van der Waals surface area (Å²) in [5.41, 5.74) is 12.5. The number of nitrogens with zero attached hydrogens (tertiary/aromatic N) is 2. The highest BCUT2D eigenvalue weighted by Crippen LogP contribution is 2.38. The third-order valence-electron chi connectivity index (χ3n) is 6.32. The average Bonchev–Trinajstić information content (AvgIpc) is 3.34. The summed E-state index contributed by atoms with van der Waals surface area (Å²) in [6, 6.07) is 12.4. The molecule has 0 unspecified atom stereocenters. The van der Waals surface area contributed by atoms with Gasteiger partial charge >= 0.3 is 0 Å². The smallest absolute Gasteiger partial charge is 0.131 e. The lowest BCUT2D eigenvalue weighted by Crippen LogP contribution is -2.19. The summed E-state index contributed by atoms with van der Waals surface area (Å²) in [6.45, 7) is 2.72. The molecule has 3 aromatic rings. The van der Waals surface area contributed by atoms with Crippen molar-refractivity contribution in [1.29, 1.82) is 0 Å². The van der Waals surface area contributed by atoms with Crippen LogP contribution in [0.2, 0.25) is 0 Å². The zero-order chi connectivity index (χ0) is 22.1. The summed E-state index contributed by atoms with van der Waals surface area (Å²) in [4.78, 5) is 8.27. The topological polar surface area (TPSA) is 73.1 Å². The van der Waals surface area contributed by atoms with Crippen molar-refractivity contribution in [1.82, 2.24) is 15.3 Å². The lowest BCUT2D eigenvalue weighted by atomic mass is 9.84. The molecule has 154 valence electrons. The Morgan fingerprint density at radius 1 is 0.967 bits per heavy atom. The standard InChI is InChI=1S/C25H28N4O/c26-25-22(17-5-10-27-11-6-17)15-20(16-29-25)19-3-4-21(18-7-12-30-13-8-18)23(14-19)24-2-1-9-28-24/h3-6,10-11,14-16,18,24,28H,1-2,7-9,12-13H2,(H2,26,29)/t24-/m0/s1/i10D,11D. The van der Waals surface area contributed by atoms with E-state index in [0.717, 1.165) is 55.7 Å². The Labute approximate surface area is 180 Å². The van der Waals surface area contributed by atoms with Gasteiger partial charge in [0.15, 0.2) is 0 Å². The van der Waals surface area contributed by atoms with Gasteiger partial charge in [-0.3, -0.25) is 4.98 Å². The Morgan fingerprint density at radius 2 is 1.80 bits per heavy atom. The van der Waals surface area contributed by atoms with Crippen LogP contribution < -0.4 is 11.1 Å². The molecule has 5 heteroatoms. The second-order valence-corrected chi connectivity index (χ2v) is 8.15. The molecule has 0 saturated carbocycles. The van der Waals surface area contributed by atoms with Crippen molar-refractivity contribution >= 4 is 5.82 Å². The molecule has 0 amide bonds. The normalized spacial score (nSPS) is 20.7. The monoisotopic (exact) mass is 402 g/mol. The molecule has 30 heavy (non-hydrogen) atoms. The Hall–Kier alpha value is -2.76. The number of nitrogen functional groups attached to an aromatic ring is 1. The maximum absolute atomic E-state index is 7.85. The van der Waals surface area contributed by atoms with Gasteiger partial charge in [0.05, 0.1) is 2.74 Å². The molecule has 0 bridgehead atoms. The van der Waals surface area contributed by atoms with Crippen LogP contribution in [0.5, 0.6) is 0 Å². The van der Waals surface area contributed by atoms with Crippen LogP contribution in [0.15, 0.2) is 54.9 Å². The first-order chi connectivity index (χ1) is 15.6. The van der Waals surface area contributed by atoms with E-state index in [-0.39, 0.29) is 12.3 Å². The second kappa shape index (κ2) is 8.54. The summed E-state index contributed by atoms with van der Waals surface area (Å²) in [6.07, 6.45) is 6.39. The predicted molar refractivity (Wildman–Crippen MR) is 120 cm³/mol. The van der Waals surface area contributed by atoms with Crippen molar-refractivity contribution in [2.24, 2.45) is 0 Å². The van der Waals surface area contributed by atoms with Gasteiger partial charge in [-0.2, -0.15) is 0 Å². The molecule has 2 aromatic heterocycles. The number of rotatable bonds is 4. The Balaban J connectivity index is 1.56. The van der Waals surface area contributed by atoms with Crippen molar-refractivity contribution in [2.45, 2.75) is 37.6 Å². The van der Waals surface area contributed by atoms with E-state index in [0.29, 0.717) is 23.3 Å². The van der Waals surface area contributed by atoms with Gasteiger partial charge < -0.3 is 15.8 Å². The van der Waals surface area contributed by atoms with Crippen molar-refractivity contribution < 1.29 is 7.48 Å². The van der Waals surface area contributed by atoms with Crippen LogP contribution in [-0.4, -0.2) is 29.7 Å². The number of hydrogen-bond donors (Lipinski definition) is 2. The van der Waals surface area contributed by atoms with Gasteiger partial charge in [0.25, 0.3) is 0 Å². The summed E-state index contributed by atoms with van der Waals surface area (Å²) in [7, 11) is 0. The fraction of sp³-hybridized carbons (Fsp3) is 0.360. The second-order valence-electron chi connectivity index (χ2n) is 8.15. The third kappa shape index (κ3) is 3.83. The maximum Gasteiger partial charge on any atom is 0.131 e. The van der Waals surface area contributed by atoms with Crippen molar-refractivity contribution in [2.75, 3.05) is 25.5 Å². The average molecular weight is 403 g/mol. The molecule has 2 aliphatic heterocycles. The van der Waals surface area contributed by atoms with Gasteiger partial charge in [-0.15, -0.1) is 0 Å². The highest BCUT2D eigenvalue weighted by Gasteiger charge is 2.25. The van der Waals surface area contributed by atoms with Crippen LogP contribution in [0.25, 0.3) is 22.3 Å². The highest BCUT2D eigenvalue weighted by atomic mass is 16.5. The largest absolute Gasteiger partial charge is 0.383 e. The SMILES string of the molecule is [2H]c1cc(-c2cc(-c3ccc(C4CCOCC4)c([C@@H]4CCCN4)c3)cnc2N)cc([2H])n1. The first-order valence-corrected chi connectivity index (χ1v) is 10.7. The summed E-state index contributed by atoms with van der Waals surface area (Å²) in [5, 5.41) is 3.67. The minimum Gasteiger partial charge on any atom is -0.383 e. The number of benzene rings is 1. The van der Waals surface area contributed by atoms with Crippen molar-refractivity contribution in [3.8, 4) is 22.3 Å². The van der Waals surface area contributed by atoms with E-state index >= 15 is 0 Å². The number of ether oxygens (including phenoxy) is 1. The van der Waals surface area contributed by atoms with Gasteiger partial charge in [-0.1, -0.05) is 12.1 Å². The van der Waals surface area contributed by atoms with Crippen LogP contribution >= 0.6 is 0 Å². The molecule has 1 atom stereocenters. The quantitative estimate of drug-likeness (QED) is 0.661. The molecule has 4 heterocycles. The van der Waals surface area contributed by atoms with E-state index in [4.69, 9.17) is 13.2 Å². The fourth-order valence-corrected chi connectivity index (χ4v) is 4.69.